The van der Waals surface area contributed by atoms with Gasteiger partial charge in [-0.15, -0.1) is 0 Å². The smallest absolute Gasteiger partial charge is 0.162 e. The number of halogens is 1. The lowest BCUT2D eigenvalue weighted by Crippen LogP contribution is -2.00. The summed E-state index contributed by atoms with van der Waals surface area (Å²) in [4.78, 5) is 11.7. The molecule has 1 aliphatic rings. The van der Waals surface area contributed by atoms with Crippen LogP contribution in [0.25, 0.3) is 0 Å². The van der Waals surface area contributed by atoms with Gasteiger partial charge < -0.3 is 0 Å². The van der Waals surface area contributed by atoms with Crippen molar-refractivity contribution < 1.29 is 9.18 Å². The average molecular weight is 206 g/mol. The minimum Gasteiger partial charge on any atom is -0.294 e. The summed E-state index contributed by atoms with van der Waals surface area (Å²) in [6, 6.07) is 4.60. The molecule has 1 aromatic rings. The quantitative estimate of drug-likeness (QED) is 0.689. The second-order valence-corrected chi connectivity index (χ2v) is 4.37. The summed E-state index contributed by atoms with van der Waals surface area (Å²) < 4.78 is 13.0. The number of carbonyl (C=O) groups excluding carboxylic acids is 1. The first kappa shape index (κ1) is 10.3. The fourth-order valence-electron chi connectivity index (χ4n) is 1.70. The molecule has 0 unspecified atom stereocenters. The molecule has 2 rings (SSSR count). The molecule has 15 heavy (non-hydrogen) atoms. The highest BCUT2D eigenvalue weighted by Gasteiger charge is 2.22. The Kier molecular flexibility index (Phi) is 2.85. The van der Waals surface area contributed by atoms with Gasteiger partial charge in [0.15, 0.2) is 5.78 Å². The Bertz CT molecular complexity index is 380. The zero-order valence-corrected chi connectivity index (χ0v) is 8.92. The number of ketones is 1. The van der Waals surface area contributed by atoms with Gasteiger partial charge in [0.25, 0.3) is 0 Å². The van der Waals surface area contributed by atoms with Crippen molar-refractivity contribution in [2.75, 3.05) is 0 Å². The van der Waals surface area contributed by atoms with E-state index in [1.807, 2.05) is 0 Å². The molecule has 0 aliphatic heterocycles. The van der Waals surface area contributed by atoms with Crippen molar-refractivity contribution >= 4 is 5.78 Å². The monoisotopic (exact) mass is 206 g/mol. The summed E-state index contributed by atoms with van der Waals surface area (Å²) in [6.45, 7) is 1.69. The highest BCUT2D eigenvalue weighted by molar-refractivity contribution is 5.96. The maximum absolute atomic E-state index is 13.0. The maximum Gasteiger partial charge on any atom is 0.162 e. The van der Waals surface area contributed by atoms with Crippen LogP contribution in [0.3, 0.4) is 0 Å². The highest BCUT2D eigenvalue weighted by Crippen LogP contribution is 2.33. The van der Waals surface area contributed by atoms with Gasteiger partial charge in [-0.2, -0.15) is 0 Å². The summed E-state index contributed by atoms with van der Waals surface area (Å²) in [5, 5.41) is 0. The predicted octanol–water partition coefficient (Wildman–Crippen LogP) is 3.51. The first-order valence-electron chi connectivity index (χ1n) is 5.46. The molecule has 1 saturated carbocycles. The molecular formula is C13H15FO. The van der Waals surface area contributed by atoms with Gasteiger partial charge in [0.1, 0.15) is 5.82 Å². The van der Waals surface area contributed by atoms with E-state index >= 15 is 0 Å². The van der Waals surface area contributed by atoms with Gasteiger partial charge in [-0.3, -0.25) is 4.79 Å². The molecule has 0 atom stereocenters. The molecule has 0 saturated heterocycles. The summed E-state index contributed by atoms with van der Waals surface area (Å²) in [7, 11) is 0. The van der Waals surface area contributed by atoms with E-state index in [4.69, 9.17) is 0 Å². The van der Waals surface area contributed by atoms with Gasteiger partial charge in [0, 0.05) is 12.0 Å². The molecule has 1 aromatic carbocycles. The van der Waals surface area contributed by atoms with E-state index in [0.29, 0.717) is 17.5 Å². The van der Waals surface area contributed by atoms with Crippen LogP contribution in [0.1, 0.15) is 41.6 Å². The Morgan fingerprint density at radius 2 is 2.20 bits per heavy atom. The van der Waals surface area contributed by atoms with Crippen LogP contribution in [0, 0.1) is 18.7 Å². The number of carbonyl (C=O) groups is 1. The largest absolute Gasteiger partial charge is 0.294 e. The van der Waals surface area contributed by atoms with Crippen LogP contribution in [0.4, 0.5) is 4.39 Å². The number of hydrogen-bond donors (Lipinski definition) is 0. The molecule has 1 fully saturated rings. The third-order valence-electron chi connectivity index (χ3n) is 2.96. The van der Waals surface area contributed by atoms with E-state index in [1.165, 1.54) is 18.9 Å². The molecule has 2 heteroatoms. The van der Waals surface area contributed by atoms with Crippen LogP contribution in [0.2, 0.25) is 0 Å². The highest BCUT2D eigenvalue weighted by atomic mass is 19.1. The Morgan fingerprint density at radius 1 is 1.47 bits per heavy atom. The van der Waals surface area contributed by atoms with Gasteiger partial charge in [0.05, 0.1) is 0 Å². The van der Waals surface area contributed by atoms with E-state index in [0.717, 1.165) is 12.3 Å². The van der Waals surface area contributed by atoms with Crippen LogP contribution < -0.4 is 0 Å². The molecule has 0 N–H and O–H groups in total. The molecule has 0 aromatic heterocycles. The molecule has 1 nitrogen and oxygen atoms in total. The second kappa shape index (κ2) is 4.13. The summed E-state index contributed by atoms with van der Waals surface area (Å²) >= 11 is 0. The van der Waals surface area contributed by atoms with Gasteiger partial charge >= 0.3 is 0 Å². The topological polar surface area (TPSA) is 17.1 Å². The number of benzene rings is 1. The van der Waals surface area contributed by atoms with Crippen molar-refractivity contribution in [3.63, 3.8) is 0 Å². The van der Waals surface area contributed by atoms with Crippen molar-refractivity contribution in [3.8, 4) is 0 Å². The number of Topliss-reactive ketones (excluding diaryl/α,β-unsaturated/α-hetero) is 1. The molecule has 0 spiro atoms. The van der Waals surface area contributed by atoms with E-state index in [1.54, 1.807) is 19.1 Å². The van der Waals surface area contributed by atoms with Crippen molar-refractivity contribution in [1.82, 2.24) is 0 Å². The SMILES string of the molecule is Cc1cc(C(=O)CCC2CC2)ccc1F. The Labute approximate surface area is 89.3 Å². The number of aryl methyl sites for hydroxylation is 1. The first-order chi connectivity index (χ1) is 7.16. The van der Waals surface area contributed by atoms with Crippen LogP contribution in [0.5, 0.6) is 0 Å². The lowest BCUT2D eigenvalue weighted by atomic mass is 10.0. The van der Waals surface area contributed by atoms with Crippen molar-refractivity contribution in [1.29, 1.82) is 0 Å². The Hall–Kier alpha value is -1.18. The van der Waals surface area contributed by atoms with Crippen molar-refractivity contribution in [3.05, 3.63) is 35.1 Å². The third kappa shape index (κ3) is 2.65. The summed E-state index contributed by atoms with van der Waals surface area (Å²) in [5.41, 5.74) is 1.20. The molecule has 80 valence electrons. The van der Waals surface area contributed by atoms with Gasteiger partial charge in [-0.25, -0.2) is 4.39 Å². The lowest BCUT2D eigenvalue weighted by molar-refractivity contribution is 0.0978. The molecular weight excluding hydrogens is 191 g/mol. The van der Waals surface area contributed by atoms with E-state index in [9.17, 15) is 9.18 Å². The van der Waals surface area contributed by atoms with Crippen LogP contribution in [-0.4, -0.2) is 5.78 Å². The molecule has 0 amide bonds. The minimum atomic E-state index is -0.242. The van der Waals surface area contributed by atoms with Crippen molar-refractivity contribution in [2.45, 2.75) is 32.6 Å². The fraction of sp³-hybridized carbons (Fsp3) is 0.462. The fourth-order valence-corrected chi connectivity index (χ4v) is 1.70. The molecule has 0 radical (unpaired) electrons. The number of hydrogen-bond acceptors (Lipinski definition) is 1. The van der Waals surface area contributed by atoms with Crippen LogP contribution in [-0.2, 0) is 0 Å². The minimum absolute atomic E-state index is 0.144. The van der Waals surface area contributed by atoms with Gasteiger partial charge in [-0.1, -0.05) is 12.8 Å². The summed E-state index contributed by atoms with van der Waals surface area (Å²) in [5.74, 6) is 0.675. The standard InChI is InChI=1S/C13H15FO/c1-9-8-11(5-6-12(9)14)13(15)7-4-10-2-3-10/h5-6,8,10H,2-4,7H2,1H3. The Morgan fingerprint density at radius 3 is 2.80 bits per heavy atom. The third-order valence-corrected chi connectivity index (χ3v) is 2.96. The zero-order valence-electron chi connectivity index (χ0n) is 8.92. The predicted molar refractivity (Wildman–Crippen MR) is 57.4 cm³/mol. The second-order valence-electron chi connectivity index (χ2n) is 4.37. The first-order valence-corrected chi connectivity index (χ1v) is 5.46. The average Bonchev–Trinajstić information content (AvgIpc) is 3.02. The van der Waals surface area contributed by atoms with Crippen LogP contribution in [0.15, 0.2) is 18.2 Å². The molecule has 0 heterocycles. The van der Waals surface area contributed by atoms with Crippen LogP contribution >= 0.6 is 0 Å². The van der Waals surface area contributed by atoms with E-state index < -0.39 is 0 Å². The van der Waals surface area contributed by atoms with Gasteiger partial charge in [-0.05, 0) is 43.0 Å². The van der Waals surface area contributed by atoms with Gasteiger partial charge in [0.2, 0.25) is 0 Å². The van der Waals surface area contributed by atoms with E-state index in [2.05, 4.69) is 0 Å². The normalized spacial score (nSPS) is 15.3. The Balaban J connectivity index is 2.00. The lowest BCUT2D eigenvalue weighted by Gasteiger charge is -2.02. The maximum atomic E-state index is 13.0. The van der Waals surface area contributed by atoms with Crippen molar-refractivity contribution in [2.24, 2.45) is 5.92 Å². The number of rotatable bonds is 4. The molecule has 1 aliphatic carbocycles. The van der Waals surface area contributed by atoms with E-state index in [-0.39, 0.29) is 11.6 Å². The summed E-state index contributed by atoms with van der Waals surface area (Å²) in [6.07, 6.45) is 4.15. The zero-order chi connectivity index (χ0) is 10.8. The molecule has 0 bridgehead atoms.